The molecule has 0 saturated heterocycles. The van der Waals surface area contributed by atoms with Crippen LogP contribution in [0, 0.1) is 5.41 Å². The first-order valence-electron chi connectivity index (χ1n) is 6.03. The number of fused-ring (bicyclic) bond motifs is 1. The maximum Gasteiger partial charge on any atom is 0.130 e. The number of ether oxygens (including phenoxy) is 1. The molecule has 2 aromatic rings. The molecule has 2 nitrogen and oxygen atoms in total. The van der Waals surface area contributed by atoms with Crippen molar-refractivity contribution >= 4 is 10.9 Å². The van der Waals surface area contributed by atoms with Gasteiger partial charge in [-0.25, -0.2) is 0 Å². The van der Waals surface area contributed by atoms with Crippen LogP contribution >= 0.6 is 0 Å². The summed E-state index contributed by atoms with van der Waals surface area (Å²) in [5.74, 6) is 0.930. The van der Waals surface area contributed by atoms with Crippen LogP contribution in [0.5, 0.6) is 5.75 Å². The van der Waals surface area contributed by atoms with Crippen molar-refractivity contribution in [2.24, 2.45) is 5.41 Å². The Morgan fingerprint density at radius 1 is 1.12 bits per heavy atom. The van der Waals surface area contributed by atoms with Crippen LogP contribution in [0.15, 0.2) is 36.5 Å². The average Bonchev–Trinajstić information content (AvgIpc) is 2.28. The van der Waals surface area contributed by atoms with E-state index in [1.54, 1.807) is 6.20 Å². The molecule has 0 spiro atoms. The summed E-state index contributed by atoms with van der Waals surface area (Å²) in [6, 6.07) is 10.0. The molecule has 2 heteroatoms. The molecule has 0 unspecified atom stereocenters. The summed E-state index contributed by atoms with van der Waals surface area (Å²) in [5.41, 5.74) is 1.30. The fourth-order valence-corrected chi connectivity index (χ4v) is 1.66. The Balaban J connectivity index is 2.13. The Kier molecular flexibility index (Phi) is 3.32. The second-order valence-electron chi connectivity index (χ2n) is 5.49. The third-order valence-electron chi connectivity index (χ3n) is 2.72. The summed E-state index contributed by atoms with van der Waals surface area (Å²) in [4.78, 5) is 4.32. The number of rotatable bonds is 3. The van der Waals surface area contributed by atoms with Crippen LogP contribution in [0.25, 0.3) is 10.9 Å². The van der Waals surface area contributed by atoms with Crippen molar-refractivity contribution < 1.29 is 4.74 Å². The lowest BCUT2D eigenvalue weighted by Gasteiger charge is -2.18. The van der Waals surface area contributed by atoms with E-state index in [2.05, 4.69) is 31.8 Å². The highest BCUT2D eigenvalue weighted by Crippen LogP contribution is 2.25. The van der Waals surface area contributed by atoms with Gasteiger partial charge in [-0.15, -0.1) is 0 Å². The third kappa shape index (κ3) is 3.19. The lowest BCUT2D eigenvalue weighted by Crippen LogP contribution is -2.11. The number of benzene rings is 1. The molecule has 1 aromatic carbocycles. The Labute approximate surface area is 103 Å². The van der Waals surface area contributed by atoms with Gasteiger partial charge in [0.25, 0.3) is 0 Å². The number of hydrogen-bond acceptors (Lipinski definition) is 2. The van der Waals surface area contributed by atoms with Crippen molar-refractivity contribution in [3.63, 3.8) is 0 Å². The minimum Gasteiger partial charge on any atom is -0.493 e. The molecular formula is C15H19NO. The van der Waals surface area contributed by atoms with Crippen LogP contribution in [0.4, 0.5) is 0 Å². The summed E-state index contributed by atoms with van der Waals surface area (Å²) in [5, 5.41) is 1.09. The number of aromatic nitrogens is 1. The SMILES string of the molecule is CC(C)(C)CCOc1ccnc2ccccc12. The zero-order valence-corrected chi connectivity index (χ0v) is 10.7. The zero-order valence-electron chi connectivity index (χ0n) is 10.7. The first kappa shape index (κ1) is 11.9. The van der Waals surface area contributed by atoms with Gasteiger partial charge in [-0.2, -0.15) is 0 Å². The molecule has 0 N–H and O–H groups in total. The molecule has 0 bridgehead atoms. The van der Waals surface area contributed by atoms with E-state index in [-0.39, 0.29) is 0 Å². The molecule has 0 amide bonds. The van der Waals surface area contributed by atoms with Gasteiger partial charge in [-0.1, -0.05) is 32.9 Å². The van der Waals surface area contributed by atoms with Gasteiger partial charge in [-0.3, -0.25) is 4.98 Å². The van der Waals surface area contributed by atoms with Crippen molar-refractivity contribution in [3.8, 4) is 5.75 Å². The monoisotopic (exact) mass is 229 g/mol. The number of para-hydroxylation sites is 1. The number of hydrogen-bond donors (Lipinski definition) is 0. The maximum absolute atomic E-state index is 5.86. The topological polar surface area (TPSA) is 22.1 Å². The molecule has 2 rings (SSSR count). The van der Waals surface area contributed by atoms with Crippen LogP contribution in [0.3, 0.4) is 0 Å². The molecular weight excluding hydrogens is 210 g/mol. The molecule has 0 aliphatic heterocycles. The van der Waals surface area contributed by atoms with Crippen molar-refractivity contribution in [1.82, 2.24) is 4.98 Å². The van der Waals surface area contributed by atoms with Gasteiger partial charge in [0.05, 0.1) is 12.1 Å². The van der Waals surface area contributed by atoms with Crippen LogP contribution in [-0.2, 0) is 0 Å². The van der Waals surface area contributed by atoms with E-state index in [0.29, 0.717) is 5.41 Å². The second-order valence-corrected chi connectivity index (χ2v) is 5.49. The van der Waals surface area contributed by atoms with E-state index in [1.165, 1.54) is 0 Å². The Hall–Kier alpha value is -1.57. The van der Waals surface area contributed by atoms with Gasteiger partial charge in [0, 0.05) is 11.6 Å². The molecule has 1 heterocycles. The van der Waals surface area contributed by atoms with Gasteiger partial charge in [0.1, 0.15) is 5.75 Å². The summed E-state index contributed by atoms with van der Waals surface area (Å²) in [7, 11) is 0. The Morgan fingerprint density at radius 3 is 2.65 bits per heavy atom. The fraction of sp³-hybridized carbons (Fsp3) is 0.400. The van der Waals surface area contributed by atoms with Gasteiger partial charge in [-0.05, 0) is 30.0 Å². The first-order chi connectivity index (χ1) is 8.06. The molecule has 0 fully saturated rings. The van der Waals surface area contributed by atoms with Gasteiger partial charge in [0.2, 0.25) is 0 Å². The van der Waals surface area contributed by atoms with Crippen LogP contribution in [-0.4, -0.2) is 11.6 Å². The van der Waals surface area contributed by atoms with Gasteiger partial charge >= 0.3 is 0 Å². The predicted octanol–water partition coefficient (Wildman–Crippen LogP) is 4.05. The fourth-order valence-electron chi connectivity index (χ4n) is 1.66. The standard InChI is InChI=1S/C15H19NO/c1-15(2,3)9-11-17-14-8-10-16-13-7-5-4-6-12(13)14/h4-8,10H,9,11H2,1-3H3. The van der Waals surface area contributed by atoms with Gasteiger partial charge < -0.3 is 4.74 Å². The Bertz CT molecular complexity index is 494. The highest BCUT2D eigenvalue weighted by Gasteiger charge is 2.10. The predicted molar refractivity (Wildman–Crippen MR) is 71.3 cm³/mol. The molecule has 0 radical (unpaired) electrons. The van der Waals surface area contributed by atoms with E-state index in [4.69, 9.17) is 4.74 Å². The largest absolute Gasteiger partial charge is 0.493 e. The first-order valence-corrected chi connectivity index (χ1v) is 6.03. The van der Waals surface area contributed by atoms with Crippen LogP contribution in [0.2, 0.25) is 0 Å². The summed E-state index contributed by atoms with van der Waals surface area (Å²) in [6.07, 6.45) is 2.85. The van der Waals surface area contributed by atoms with Crippen molar-refractivity contribution in [2.45, 2.75) is 27.2 Å². The minimum absolute atomic E-state index is 0.308. The van der Waals surface area contributed by atoms with Crippen molar-refractivity contribution in [3.05, 3.63) is 36.5 Å². The van der Waals surface area contributed by atoms with Crippen LogP contribution < -0.4 is 4.74 Å². The molecule has 0 aliphatic rings. The lowest BCUT2D eigenvalue weighted by atomic mass is 9.93. The lowest BCUT2D eigenvalue weighted by molar-refractivity contribution is 0.245. The summed E-state index contributed by atoms with van der Waals surface area (Å²) >= 11 is 0. The smallest absolute Gasteiger partial charge is 0.130 e. The second kappa shape index (κ2) is 4.74. The van der Waals surface area contributed by atoms with E-state index in [1.807, 2.05) is 24.3 Å². The van der Waals surface area contributed by atoms with Gasteiger partial charge in [0.15, 0.2) is 0 Å². The van der Waals surface area contributed by atoms with Crippen LogP contribution in [0.1, 0.15) is 27.2 Å². The van der Waals surface area contributed by atoms with E-state index in [9.17, 15) is 0 Å². The summed E-state index contributed by atoms with van der Waals surface area (Å²) < 4.78 is 5.86. The third-order valence-corrected chi connectivity index (χ3v) is 2.72. The normalized spacial score (nSPS) is 11.7. The van der Waals surface area contributed by atoms with Crippen molar-refractivity contribution in [2.75, 3.05) is 6.61 Å². The van der Waals surface area contributed by atoms with E-state index in [0.717, 1.165) is 29.7 Å². The molecule has 1 aromatic heterocycles. The molecule has 0 aliphatic carbocycles. The maximum atomic E-state index is 5.86. The van der Waals surface area contributed by atoms with E-state index < -0.39 is 0 Å². The molecule has 90 valence electrons. The quantitative estimate of drug-likeness (QED) is 0.792. The number of pyridine rings is 1. The molecule has 0 saturated carbocycles. The van der Waals surface area contributed by atoms with E-state index >= 15 is 0 Å². The summed E-state index contributed by atoms with van der Waals surface area (Å²) in [6.45, 7) is 7.42. The van der Waals surface area contributed by atoms with Crippen molar-refractivity contribution in [1.29, 1.82) is 0 Å². The molecule has 17 heavy (non-hydrogen) atoms. The highest BCUT2D eigenvalue weighted by molar-refractivity contribution is 5.84. The number of nitrogens with zero attached hydrogens (tertiary/aromatic N) is 1. The minimum atomic E-state index is 0.308. The molecule has 0 atom stereocenters. The zero-order chi connectivity index (χ0) is 12.3. The Morgan fingerprint density at radius 2 is 1.88 bits per heavy atom. The average molecular weight is 229 g/mol. The highest BCUT2D eigenvalue weighted by atomic mass is 16.5.